The number of pyridine rings is 1. The molecule has 0 atom stereocenters. The van der Waals surface area contributed by atoms with E-state index < -0.39 is 0 Å². The summed E-state index contributed by atoms with van der Waals surface area (Å²) in [6, 6.07) is 7.29. The molecule has 16 heavy (non-hydrogen) atoms. The van der Waals surface area contributed by atoms with Crippen molar-refractivity contribution < 1.29 is 14.6 Å². The molecule has 0 unspecified atom stereocenters. The van der Waals surface area contributed by atoms with Gasteiger partial charge in [-0.3, -0.25) is 4.98 Å². The Morgan fingerprint density at radius 3 is 2.75 bits per heavy atom. The van der Waals surface area contributed by atoms with Crippen molar-refractivity contribution in [3.05, 3.63) is 36.7 Å². The highest BCUT2D eigenvalue weighted by Crippen LogP contribution is 2.36. The van der Waals surface area contributed by atoms with Crippen molar-refractivity contribution in [2.24, 2.45) is 0 Å². The Hall–Kier alpha value is -2.23. The molecule has 0 saturated carbocycles. The second-order valence-corrected chi connectivity index (χ2v) is 3.50. The van der Waals surface area contributed by atoms with Gasteiger partial charge in [-0.25, -0.2) is 0 Å². The molecule has 0 bridgehead atoms. The Morgan fingerprint density at radius 1 is 1.00 bits per heavy atom. The van der Waals surface area contributed by atoms with Crippen LogP contribution in [0.4, 0.5) is 0 Å². The highest BCUT2D eigenvalue weighted by Gasteiger charge is 2.13. The number of aromatic nitrogens is 1. The third kappa shape index (κ3) is 1.44. The fraction of sp³-hybridized carbons (Fsp3) is 0.0833. The van der Waals surface area contributed by atoms with Crippen LogP contribution in [0.15, 0.2) is 36.7 Å². The van der Waals surface area contributed by atoms with Gasteiger partial charge in [-0.15, -0.1) is 0 Å². The molecule has 4 heteroatoms. The van der Waals surface area contributed by atoms with Crippen molar-refractivity contribution in [1.29, 1.82) is 0 Å². The van der Waals surface area contributed by atoms with Crippen molar-refractivity contribution in [2.75, 3.05) is 6.79 Å². The van der Waals surface area contributed by atoms with Crippen LogP contribution in [0.3, 0.4) is 0 Å². The largest absolute Gasteiger partial charge is 0.506 e. The molecular weight excluding hydrogens is 206 g/mol. The molecular formula is C12H9NO3. The van der Waals surface area contributed by atoms with E-state index in [1.165, 1.54) is 6.20 Å². The van der Waals surface area contributed by atoms with Crippen molar-refractivity contribution in [3.8, 4) is 28.4 Å². The molecule has 1 aromatic heterocycles. The predicted molar refractivity (Wildman–Crippen MR) is 57.5 cm³/mol. The highest BCUT2D eigenvalue weighted by molar-refractivity contribution is 5.67. The van der Waals surface area contributed by atoms with Gasteiger partial charge in [-0.2, -0.15) is 0 Å². The summed E-state index contributed by atoms with van der Waals surface area (Å²) in [6.07, 6.45) is 3.09. The van der Waals surface area contributed by atoms with Crippen LogP contribution in [0, 0.1) is 0 Å². The molecule has 2 heterocycles. The lowest BCUT2D eigenvalue weighted by Crippen LogP contribution is -1.92. The molecule has 0 spiro atoms. The van der Waals surface area contributed by atoms with E-state index >= 15 is 0 Å². The van der Waals surface area contributed by atoms with Gasteiger partial charge in [0.25, 0.3) is 0 Å². The maximum absolute atomic E-state index is 9.35. The standard InChI is InChI=1S/C12H9NO3/c14-10-3-9(5-13-6-10)8-1-2-11-12(4-8)16-7-15-11/h1-6,14H,7H2. The number of rotatable bonds is 1. The molecule has 0 fully saturated rings. The molecule has 2 aromatic rings. The number of hydrogen-bond donors (Lipinski definition) is 1. The topological polar surface area (TPSA) is 51.6 Å². The molecule has 80 valence electrons. The van der Waals surface area contributed by atoms with Crippen LogP contribution in [0.5, 0.6) is 17.2 Å². The van der Waals surface area contributed by atoms with Crippen molar-refractivity contribution in [1.82, 2.24) is 4.98 Å². The summed E-state index contributed by atoms with van der Waals surface area (Å²) >= 11 is 0. The average Bonchev–Trinajstić information content (AvgIpc) is 2.75. The van der Waals surface area contributed by atoms with E-state index in [0.717, 1.165) is 22.6 Å². The predicted octanol–water partition coefficient (Wildman–Crippen LogP) is 2.18. The minimum Gasteiger partial charge on any atom is -0.506 e. The summed E-state index contributed by atoms with van der Waals surface area (Å²) in [7, 11) is 0. The molecule has 1 aliphatic heterocycles. The van der Waals surface area contributed by atoms with E-state index in [0.29, 0.717) is 0 Å². The zero-order chi connectivity index (χ0) is 11.0. The number of benzene rings is 1. The summed E-state index contributed by atoms with van der Waals surface area (Å²) in [5.41, 5.74) is 1.78. The second-order valence-electron chi connectivity index (χ2n) is 3.50. The Balaban J connectivity index is 2.07. The van der Waals surface area contributed by atoms with Gasteiger partial charge >= 0.3 is 0 Å². The van der Waals surface area contributed by atoms with Gasteiger partial charge in [-0.05, 0) is 23.8 Å². The Bertz CT molecular complexity index is 540. The van der Waals surface area contributed by atoms with Gasteiger partial charge in [0.15, 0.2) is 11.5 Å². The first kappa shape index (κ1) is 9.03. The zero-order valence-electron chi connectivity index (χ0n) is 8.38. The lowest BCUT2D eigenvalue weighted by Gasteiger charge is -2.03. The fourth-order valence-electron chi connectivity index (χ4n) is 1.66. The SMILES string of the molecule is Oc1cncc(-c2ccc3c(c2)OCO3)c1. The number of ether oxygens (including phenoxy) is 2. The second kappa shape index (κ2) is 3.41. The number of nitrogens with zero attached hydrogens (tertiary/aromatic N) is 1. The minimum atomic E-state index is 0.148. The first-order chi connectivity index (χ1) is 7.83. The lowest BCUT2D eigenvalue weighted by molar-refractivity contribution is 0.174. The molecule has 0 saturated heterocycles. The third-order valence-corrected chi connectivity index (χ3v) is 2.43. The number of fused-ring (bicyclic) bond motifs is 1. The summed E-state index contributed by atoms with van der Waals surface area (Å²) in [6.45, 7) is 0.261. The lowest BCUT2D eigenvalue weighted by atomic mass is 10.1. The minimum absolute atomic E-state index is 0.148. The van der Waals surface area contributed by atoms with E-state index in [1.54, 1.807) is 12.3 Å². The van der Waals surface area contributed by atoms with Gasteiger partial charge in [-0.1, -0.05) is 6.07 Å². The third-order valence-electron chi connectivity index (χ3n) is 2.43. The Labute approximate surface area is 92.1 Å². The normalized spacial score (nSPS) is 12.8. The van der Waals surface area contributed by atoms with Crippen LogP contribution in [0.2, 0.25) is 0 Å². The van der Waals surface area contributed by atoms with Crippen LogP contribution in [-0.2, 0) is 0 Å². The van der Waals surface area contributed by atoms with E-state index in [4.69, 9.17) is 9.47 Å². The van der Waals surface area contributed by atoms with Crippen LogP contribution < -0.4 is 9.47 Å². The molecule has 0 radical (unpaired) electrons. The summed E-state index contributed by atoms with van der Waals surface area (Å²) < 4.78 is 10.5. The quantitative estimate of drug-likeness (QED) is 0.792. The smallest absolute Gasteiger partial charge is 0.231 e. The monoisotopic (exact) mass is 215 g/mol. The Kier molecular flexibility index (Phi) is 1.93. The summed E-state index contributed by atoms with van der Waals surface area (Å²) in [4.78, 5) is 3.93. The van der Waals surface area contributed by atoms with E-state index in [9.17, 15) is 5.11 Å². The Morgan fingerprint density at radius 2 is 1.88 bits per heavy atom. The molecule has 3 rings (SSSR count). The van der Waals surface area contributed by atoms with Crippen molar-refractivity contribution in [3.63, 3.8) is 0 Å². The first-order valence-electron chi connectivity index (χ1n) is 4.87. The van der Waals surface area contributed by atoms with Gasteiger partial charge < -0.3 is 14.6 Å². The fourth-order valence-corrected chi connectivity index (χ4v) is 1.66. The van der Waals surface area contributed by atoms with E-state index in [-0.39, 0.29) is 12.5 Å². The van der Waals surface area contributed by atoms with Gasteiger partial charge in [0, 0.05) is 11.8 Å². The van der Waals surface area contributed by atoms with E-state index in [2.05, 4.69) is 4.98 Å². The van der Waals surface area contributed by atoms with Gasteiger partial charge in [0.05, 0.1) is 6.20 Å². The van der Waals surface area contributed by atoms with Crippen LogP contribution in [0.25, 0.3) is 11.1 Å². The molecule has 1 aliphatic rings. The average molecular weight is 215 g/mol. The van der Waals surface area contributed by atoms with Crippen molar-refractivity contribution >= 4 is 0 Å². The van der Waals surface area contributed by atoms with Crippen LogP contribution in [0.1, 0.15) is 0 Å². The molecule has 1 aromatic carbocycles. The highest BCUT2D eigenvalue weighted by atomic mass is 16.7. The molecule has 0 amide bonds. The van der Waals surface area contributed by atoms with E-state index in [1.807, 2.05) is 18.2 Å². The maximum Gasteiger partial charge on any atom is 0.231 e. The van der Waals surface area contributed by atoms with Gasteiger partial charge in [0.1, 0.15) is 5.75 Å². The van der Waals surface area contributed by atoms with Crippen LogP contribution in [-0.4, -0.2) is 16.9 Å². The number of aromatic hydroxyl groups is 1. The number of hydrogen-bond acceptors (Lipinski definition) is 4. The van der Waals surface area contributed by atoms with Crippen molar-refractivity contribution in [2.45, 2.75) is 0 Å². The molecule has 0 aliphatic carbocycles. The zero-order valence-corrected chi connectivity index (χ0v) is 8.38. The first-order valence-corrected chi connectivity index (χ1v) is 4.87. The molecule has 1 N–H and O–H groups in total. The van der Waals surface area contributed by atoms with Gasteiger partial charge in [0.2, 0.25) is 6.79 Å². The maximum atomic E-state index is 9.35. The van der Waals surface area contributed by atoms with Crippen LogP contribution >= 0.6 is 0 Å². The summed E-state index contributed by atoms with van der Waals surface area (Å²) in [5.74, 6) is 1.62. The summed E-state index contributed by atoms with van der Waals surface area (Å²) in [5, 5.41) is 9.35. The molecule has 4 nitrogen and oxygen atoms in total.